The molecule has 1 aliphatic rings. The van der Waals surface area contributed by atoms with Crippen molar-refractivity contribution < 1.29 is 51.6 Å². The summed E-state index contributed by atoms with van der Waals surface area (Å²) >= 11 is 0. The summed E-state index contributed by atoms with van der Waals surface area (Å²) in [6, 6.07) is 0.193. The van der Waals surface area contributed by atoms with Crippen molar-refractivity contribution in [2.75, 3.05) is 6.61 Å². The van der Waals surface area contributed by atoms with Crippen molar-refractivity contribution in [3.05, 3.63) is 18.3 Å². The number of phosphoric acid groups is 1. The van der Waals surface area contributed by atoms with Crippen LogP contribution < -0.4 is 0 Å². The number of hydrogen-bond acceptors (Lipinski definition) is 5. The number of phosphoric ester groups is 1. The van der Waals surface area contributed by atoms with Crippen molar-refractivity contribution in [1.82, 2.24) is 19.5 Å². The van der Waals surface area contributed by atoms with Crippen LogP contribution in [0.1, 0.15) is 37.9 Å². The van der Waals surface area contributed by atoms with Crippen molar-refractivity contribution in [2.24, 2.45) is 11.8 Å². The number of nitrogens with zero attached hydrogens (tertiary/aromatic N) is 4. The molecule has 3 rings (SSSR count). The minimum absolute atomic E-state index is 0. The van der Waals surface area contributed by atoms with Crippen LogP contribution in [0.4, 0.5) is 0 Å². The van der Waals surface area contributed by atoms with Gasteiger partial charge in [-0.15, -0.1) is 0 Å². The fourth-order valence-electron chi connectivity index (χ4n) is 3.49. The Balaban J connectivity index is 0.00000208. The van der Waals surface area contributed by atoms with Gasteiger partial charge in [0.15, 0.2) is 0 Å². The van der Waals surface area contributed by atoms with Gasteiger partial charge in [0, 0.05) is 56.2 Å². The van der Waals surface area contributed by atoms with Gasteiger partial charge >= 0.3 is 7.82 Å². The van der Waals surface area contributed by atoms with Gasteiger partial charge in [-0.25, -0.2) is 4.57 Å². The van der Waals surface area contributed by atoms with E-state index in [1.165, 1.54) is 0 Å². The van der Waals surface area contributed by atoms with Crippen molar-refractivity contribution >= 4 is 19.0 Å². The fraction of sp³-hybridized carbons (Fsp3) is 0.643. The van der Waals surface area contributed by atoms with Crippen LogP contribution in [0.15, 0.2) is 6.33 Å². The second kappa shape index (κ2) is 7.98. The van der Waals surface area contributed by atoms with Crippen LogP contribution in [0.3, 0.4) is 0 Å². The summed E-state index contributed by atoms with van der Waals surface area (Å²) in [4.78, 5) is 30.5. The van der Waals surface area contributed by atoms with E-state index in [0.717, 1.165) is 36.1 Å². The molecule has 10 heteroatoms. The van der Waals surface area contributed by atoms with E-state index < -0.39 is 7.82 Å². The summed E-state index contributed by atoms with van der Waals surface area (Å²) < 4.78 is 17.7. The Morgan fingerprint density at radius 2 is 2.08 bits per heavy atom. The molecule has 0 amide bonds. The molecular formula is C14H20N4O4PY-. The Bertz CT molecular complexity index is 749. The van der Waals surface area contributed by atoms with Gasteiger partial charge in [-0.05, 0) is 30.4 Å². The number of aromatic nitrogens is 4. The molecule has 0 unspecified atom stereocenters. The molecule has 1 saturated carbocycles. The van der Waals surface area contributed by atoms with Crippen LogP contribution in [-0.4, -0.2) is 35.9 Å². The molecule has 0 aromatic carbocycles. The first-order chi connectivity index (χ1) is 10.9. The van der Waals surface area contributed by atoms with E-state index in [4.69, 9.17) is 14.3 Å². The molecule has 8 nitrogen and oxygen atoms in total. The first kappa shape index (κ1) is 20.1. The minimum Gasteiger partial charge on any atom is -0.369 e. The van der Waals surface area contributed by atoms with E-state index in [9.17, 15) is 4.57 Å². The van der Waals surface area contributed by atoms with Gasteiger partial charge in [-0.2, -0.15) is 0 Å². The molecule has 1 radical (unpaired) electrons. The van der Waals surface area contributed by atoms with E-state index in [-0.39, 0.29) is 51.3 Å². The van der Waals surface area contributed by atoms with E-state index in [2.05, 4.69) is 28.2 Å². The zero-order valence-corrected chi connectivity index (χ0v) is 17.4. The number of hydrogen-bond donors (Lipinski definition) is 2. The molecular weight excluding hydrogens is 408 g/mol. The fourth-order valence-corrected chi connectivity index (χ4v) is 3.88. The molecule has 2 heterocycles. The second-order valence-corrected chi connectivity index (χ2v) is 7.31. The first-order valence-electron chi connectivity index (χ1n) is 7.66. The largest absolute Gasteiger partial charge is 0.469 e. The van der Waals surface area contributed by atoms with E-state index >= 15 is 0 Å². The van der Waals surface area contributed by atoms with Crippen molar-refractivity contribution in [2.45, 2.75) is 39.2 Å². The van der Waals surface area contributed by atoms with E-state index in [0.29, 0.717) is 5.92 Å². The normalized spacial score (nSPS) is 24.2. The second-order valence-electron chi connectivity index (χ2n) is 6.07. The van der Waals surface area contributed by atoms with Crippen molar-refractivity contribution in [3.63, 3.8) is 0 Å². The summed E-state index contributed by atoms with van der Waals surface area (Å²) in [5, 5.41) is 0. The topological polar surface area (TPSA) is 110 Å². The number of rotatable bonds is 5. The number of fused-ring (bicyclic) bond motifs is 1. The van der Waals surface area contributed by atoms with Gasteiger partial charge in [0.05, 0.1) is 12.9 Å². The average molecular weight is 428 g/mol. The number of aryl methyl sites for hydroxylation is 1. The minimum atomic E-state index is -4.43. The van der Waals surface area contributed by atoms with Crippen molar-refractivity contribution in [1.29, 1.82) is 0 Å². The van der Waals surface area contributed by atoms with Crippen LogP contribution >= 0.6 is 7.82 Å². The smallest absolute Gasteiger partial charge is 0.369 e. The van der Waals surface area contributed by atoms with E-state index in [1.807, 2.05) is 11.5 Å². The predicted molar refractivity (Wildman–Crippen MR) is 82.4 cm³/mol. The molecule has 129 valence electrons. The van der Waals surface area contributed by atoms with Gasteiger partial charge in [0.1, 0.15) is 0 Å². The van der Waals surface area contributed by atoms with Crippen LogP contribution in [-0.2, 0) is 41.8 Å². The molecule has 0 saturated heterocycles. The predicted octanol–water partition coefficient (Wildman–Crippen LogP) is 2.02. The molecule has 2 aromatic heterocycles. The van der Waals surface area contributed by atoms with E-state index in [1.54, 1.807) is 6.33 Å². The Hall–Kier alpha value is -0.236. The molecule has 0 bridgehead atoms. The van der Waals surface area contributed by atoms with Gasteiger partial charge in [-0.1, -0.05) is 20.3 Å². The molecule has 24 heavy (non-hydrogen) atoms. The Kier molecular flexibility index (Phi) is 6.67. The molecule has 2 aromatic rings. The zero-order valence-electron chi connectivity index (χ0n) is 13.7. The maximum atomic E-state index is 10.9. The molecule has 1 aliphatic carbocycles. The van der Waals surface area contributed by atoms with Crippen molar-refractivity contribution in [3.8, 4) is 0 Å². The summed E-state index contributed by atoms with van der Waals surface area (Å²) in [5.74, 6) is 0.470. The Labute approximate surface area is 165 Å². The van der Waals surface area contributed by atoms with Gasteiger partial charge < -0.3 is 24.3 Å². The standard InChI is InChI=1S/C14H20N4O4P.Y/c1-3-10-4-12(5-11(10)6-22-23(19,20)21)18-8-17-13-9(2)15-7-16-14(13)18;/h8,10-12H,3-6H2,1-2H3,(H2,19,20,21);/q-1;/t10-,11-,12+;/m1./s1. The average Bonchev–Trinajstić information content (AvgIpc) is 3.08. The maximum absolute atomic E-state index is 10.9. The molecule has 0 aliphatic heterocycles. The summed E-state index contributed by atoms with van der Waals surface area (Å²) in [6.45, 7) is 4.04. The number of imidazole rings is 1. The molecule has 2 N–H and O–H groups in total. The molecule has 3 atom stereocenters. The first-order valence-corrected chi connectivity index (χ1v) is 9.19. The summed E-state index contributed by atoms with van der Waals surface area (Å²) in [7, 11) is -4.43. The third-order valence-electron chi connectivity index (χ3n) is 4.67. The van der Waals surface area contributed by atoms with Crippen LogP contribution in [0.5, 0.6) is 0 Å². The van der Waals surface area contributed by atoms with Crippen LogP contribution in [0.2, 0.25) is 0 Å². The summed E-state index contributed by atoms with van der Waals surface area (Å²) in [6.07, 6.45) is 7.06. The quantitative estimate of drug-likeness (QED) is 0.554. The van der Waals surface area contributed by atoms with Gasteiger partial charge in [0.25, 0.3) is 0 Å². The SMILES string of the molecule is CC[C@@H]1C[C@H](n2cnc3c(C)n[c-]nc32)C[C@@H]1COP(=O)(O)O.[Y]. The van der Waals surface area contributed by atoms with Gasteiger partial charge in [0.2, 0.25) is 0 Å². The van der Waals surface area contributed by atoms with Gasteiger partial charge in [-0.3, -0.25) is 9.51 Å². The Morgan fingerprint density at radius 3 is 2.75 bits per heavy atom. The van der Waals surface area contributed by atoms with Crippen LogP contribution in [0.25, 0.3) is 11.2 Å². The Morgan fingerprint density at radius 1 is 1.38 bits per heavy atom. The summed E-state index contributed by atoms with van der Waals surface area (Å²) in [5.41, 5.74) is 2.32. The third-order valence-corrected chi connectivity index (χ3v) is 5.16. The monoisotopic (exact) mass is 428 g/mol. The van der Waals surface area contributed by atoms with Crippen LogP contribution in [0, 0.1) is 25.1 Å². The maximum Gasteiger partial charge on any atom is 0.469 e. The third kappa shape index (κ3) is 4.29. The molecule has 1 fully saturated rings. The molecule has 0 spiro atoms. The zero-order chi connectivity index (χ0) is 16.6.